The molecule has 0 bridgehead atoms. The van der Waals surface area contributed by atoms with E-state index < -0.39 is 0 Å². The van der Waals surface area contributed by atoms with Crippen molar-refractivity contribution < 1.29 is 9.26 Å². The molecule has 2 rings (SSSR count). The van der Waals surface area contributed by atoms with Crippen LogP contribution in [0.5, 0.6) is 0 Å². The van der Waals surface area contributed by atoms with E-state index in [4.69, 9.17) is 15.0 Å². The van der Waals surface area contributed by atoms with Gasteiger partial charge in [0.25, 0.3) is 0 Å². The Hall–Kier alpha value is -2.41. The van der Waals surface area contributed by atoms with Crippen LogP contribution in [0.15, 0.2) is 33.8 Å². The maximum absolute atomic E-state index is 5.87. The first-order chi connectivity index (χ1) is 10.2. The van der Waals surface area contributed by atoms with E-state index in [0.29, 0.717) is 37.2 Å². The molecule has 0 saturated carbocycles. The average Bonchev–Trinajstić information content (AvgIpc) is 2.87. The number of guanidine groups is 1. The molecule has 0 aliphatic carbocycles. The monoisotopic (exact) mass is 289 g/mol. The summed E-state index contributed by atoms with van der Waals surface area (Å²) in [6.07, 6.45) is 0.558. The fourth-order valence-electron chi connectivity index (χ4n) is 1.81. The van der Waals surface area contributed by atoms with Crippen LogP contribution in [0.1, 0.15) is 17.3 Å². The van der Waals surface area contributed by atoms with Gasteiger partial charge in [-0.2, -0.15) is 4.98 Å². The van der Waals surface area contributed by atoms with Gasteiger partial charge in [0.1, 0.15) is 0 Å². The summed E-state index contributed by atoms with van der Waals surface area (Å²) in [5.74, 6) is 1.52. The van der Waals surface area contributed by atoms with Crippen LogP contribution in [0.25, 0.3) is 0 Å². The summed E-state index contributed by atoms with van der Waals surface area (Å²) < 4.78 is 10.2. The van der Waals surface area contributed by atoms with Gasteiger partial charge in [-0.15, -0.1) is 0 Å². The second-order valence-corrected chi connectivity index (χ2v) is 4.47. The Morgan fingerprint density at radius 2 is 2.24 bits per heavy atom. The SMILES string of the molecule is COCc1ccccc1NC(N)=NCCc1nc(C)no1. The Morgan fingerprint density at radius 3 is 2.95 bits per heavy atom. The van der Waals surface area contributed by atoms with Gasteiger partial charge in [-0.1, -0.05) is 23.4 Å². The van der Waals surface area contributed by atoms with Gasteiger partial charge < -0.3 is 20.3 Å². The van der Waals surface area contributed by atoms with Gasteiger partial charge >= 0.3 is 0 Å². The summed E-state index contributed by atoms with van der Waals surface area (Å²) in [5, 5.41) is 6.79. The van der Waals surface area contributed by atoms with Crippen molar-refractivity contribution in [3.05, 3.63) is 41.5 Å². The fraction of sp³-hybridized carbons (Fsp3) is 0.357. The van der Waals surface area contributed by atoms with Crippen LogP contribution < -0.4 is 11.1 Å². The molecule has 3 N–H and O–H groups in total. The number of aromatic nitrogens is 2. The molecule has 0 saturated heterocycles. The molecule has 2 aromatic rings. The number of rotatable bonds is 6. The van der Waals surface area contributed by atoms with Gasteiger partial charge in [0.2, 0.25) is 5.89 Å². The van der Waals surface area contributed by atoms with E-state index in [1.54, 1.807) is 14.0 Å². The second kappa shape index (κ2) is 7.39. The molecule has 0 aliphatic heterocycles. The van der Waals surface area contributed by atoms with Crippen molar-refractivity contribution in [1.29, 1.82) is 0 Å². The summed E-state index contributed by atoms with van der Waals surface area (Å²) in [4.78, 5) is 8.35. The Kier molecular flexibility index (Phi) is 5.28. The third-order valence-corrected chi connectivity index (χ3v) is 2.76. The summed E-state index contributed by atoms with van der Waals surface area (Å²) in [6.45, 7) is 2.77. The van der Waals surface area contributed by atoms with Crippen LogP contribution in [0.3, 0.4) is 0 Å². The Bertz CT molecular complexity index is 609. The minimum absolute atomic E-state index is 0.342. The molecule has 0 amide bonds. The van der Waals surface area contributed by atoms with E-state index >= 15 is 0 Å². The molecule has 1 heterocycles. The predicted octanol–water partition coefficient (Wildman–Crippen LogP) is 1.49. The third-order valence-electron chi connectivity index (χ3n) is 2.76. The number of hydrogen-bond donors (Lipinski definition) is 2. The molecule has 0 fully saturated rings. The highest BCUT2D eigenvalue weighted by Crippen LogP contribution is 2.15. The summed E-state index contributed by atoms with van der Waals surface area (Å²) in [5.41, 5.74) is 7.77. The smallest absolute Gasteiger partial charge is 0.228 e. The predicted molar refractivity (Wildman–Crippen MR) is 80.0 cm³/mol. The van der Waals surface area contributed by atoms with Crippen LogP contribution in [0.2, 0.25) is 0 Å². The van der Waals surface area contributed by atoms with Gasteiger partial charge in [0.15, 0.2) is 11.8 Å². The maximum atomic E-state index is 5.87. The van der Waals surface area contributed by atoms with Crippen molar-refractivity contribution in [3.8, 4) is 0 Å². The molecule has 7 nitrogen and oxygen atoms in total. The molecule has 0 aliphatic rings. The topological polar surface area (TPSA) is 98.6 Å². The lowest BCUT2D eigenvalue weighted by atomic mass is 10.2. The first-order valence-corrected chi connectivity index (χ1v) is 6.62. The third kappa shape index (κ3) is 4.57. The van der Waals surface area contributed by atoms with E-state index in [-0.39, 0.29) is 0 Å². The van der Waals surface area contributed by atoms with Crippen molar-refractivity contribution >= 4 is 11.6 Å². The number of hydrogen-bond acceptors (Lipinski definition) is 5. The lowest BCUT2D eigenvalue weighted by Crippen LogP contribution is -2.23. The molecular formula is C14H19N5O2. The molecule has 112 valence electrons. The van der Waals surface area contributed by atoms with Crippen LogP contribution in [-0.2, 0) is 17.8 Å². The number of ether oxygens (including phenoxy) is 1. The van der Waals surface area contributed by atoms with Crippen LogP contribution in [0, 0.1) is 6.92 Å². The van der Waals surface area contributed by atoms with Crippen molar-refractivity contribution in [2.75, 3.05) is 19.0 Å². The number of benzene rings is 1. The van der Waals surface area contributed by atoms with Gasteiger partial charge in [-0.25, -0.2) is 0 Å². The van der Waals surface area contributed by atoms with E-state index in [0.717, 1.165) is 11.3 Å². The lowest BCUT2D eigenvalue weighted by molar-refractivity contribution is 0.185. The van der Waals surface area contributed by atoms with E-state index in [1.807, 2.05) is 24.3 Å². The molecular weight excluding hydrogens is 270 g/mol. The first-order valence-electron chi connectivity index (χ1n) is 6.62. The van der Waals surface area contributed by atoms with Crippen LogP contribution in [-0.4, -0.2) is 29.8 Å². The zero-order chi connectivity index (χ0) is 15.1. The van der Waals surface area contributed by atoms with Gasteiger partial charge in [-0.05, 0) is 13.0 Å². The van der Waals surface area contributed by atoms with Crippen molar-refractivity contribution in [2.24, 2.45) is 10.7 Å². The molecule has 7 heteroatoms. The number of nitrogens with one attached hydrogen (secondary N) is 1. The molecule has 21 heavy (non-hydrogen) atoms. The number of nitrogens with two attached hydrogens (primary N) is 1. The van der Waals surface area contributed by atoms with Crippen molar-refractivity contribution in [3.63, 3.8) is 0 Å². The highest BCUT2D eigenvalue weighted by Gasteiger charge is 2.04. The number of para-hydroxylation sites is 1. The number of aryl methyl sites for hydroxylation is 1. The Labute approximate surface area is 123 Å². The van der Waals surface area contributed by atoms with Crippen molar-refractivity contribution in [2.45, 2.75) is 20.0 Å². The van der Waals surface area contributed by atoms with Crippen molar-refractivity contribution in [1.82, 2.24) is 10.1 Å². The summed E-state index contributed by atoms with van der Waals surface area (Å²) in [7, 11) is 1.65. The minimum atomic E-state index is 0.342. The Morgan fingerprint density at radius 1 is 1.43 bits per heavy atom. The minimum Gasteiger partial charge on any atom is -0.380 e. The first kappa shape index (κ1) is 15.0. The lowest BCUT2D eigenvalue weighted by Gasteiger charge is -2.10. The quantitative estimate of drug-likeness (QED) is 0.617. The average molecular weight is 289 g/mol. The van der Waals surface area contributed by atoms with Gasteiger partial charge in [-0.3, -0.25) is 4.99 Å². The molecule has 0 unspecified atom stereocenters. The van der Waals surface area contributed by atoms with E-state index in [2.05, 4.69) is 20.4 Å². The maximum Gasteiger partial charge on any atom is 0.228 e. The zero-order valence-electron chi connectivity index (χ0n) is 12.2. The molecule has 0 spiro atoms. The van der Waals surface area contributed by atoms with Gasteiger partial charge in [0.05, 0.1) is 13.2 Å². The van der Waals surface area contributed by atoms with Crippen LogP contribution in [0.4, 0.5) is 5.69 Å². The molecule has 0 radical (unpaired) electrons. The van der Waals surface area contributed by atoms with E-state index in [1.165, 1.54) is 0 Å². The fourth-order valence-corrected chi connectivity index (χ4v) is 1.81. The molecule has 0 atom stereocenters. The van der Waals surface area contributed by atoms with Crippen LogP contribution >= 0.6 is 0 Å². The summed E-state index contributed by atoms with van der Waals surface area (Å²) in [6, 6.07) is 7.78. The number of aliphatic imine (C=N–C) groups is 1. The standard InChI is InChI=1S/C14H19N5O2/c1-10-17-13(21-19-10)7-8-16-14(15)18-12-6-4-3-5-11(12)9-20-2/h3-6H,7-9H2,1-2H3,(H3,15,16,18). The largest absolute Gasteiger partial charge is 0.380 e. The highest BCUT2D eigenvalue weighted by molar-refractivity contribution is 5.92. The van der Waals surface area contributed by atoms with Gasteiger partial charge in [0, 0.05) is 24.8 Å². The normalized spacial score (nSPS) is 11.6. The summed E-state index contributed by atoms with van der Waals surface area (Å²) >= 11 is 0. The Balaban J connectivity index is 1.91. The highest BCUT2D eigenvalue weighted by atomic mass is 16.5. The molecule has 1 aromatic carbocycles. The zero-order valence-corrected chi connectivity index (χ0v) is 12.2. The molecule has 1 aromatic heterocycles. The number of anilines is 1. The number of nitrogens with zero attached hydrogens (tertiary/aromatic N) is 3. The number of methoxy groups -OCH3 is 1. The van der Waals surface area contributed by atoms with E-state index in [9.17, 15) is 0 Å². The second-order valence-electron chi connectivity index (χ2n) is 4.47.